The van der Waals surface area contributed by atoms with Gasteiger partial charge in [0.05, 0.1) is 0 Å². The molecule has 0 radical (unpaired) electrons. The van der Waals surface area contributed by atoms with Crippen LogP contribution in [-0.2, 0) is 4.79 Å². The van der Waals surface area contributed by atoms with Crippen molar-refractivity contribution in [2.45, 2.75) is 111 Å². The second kappa shape index (κ2) is 24.5. The zero-order valence-corrected chi connectivity index (χ0v) is 20.0. The summed E-state index contributed by atoms with van der Waals surface area (Å²) in [4.78, 5) is 14.1. The Morgan fingerprint density at radius 1 is 0.750 bits per heavy atom. The maximum atomic E-state index is 11.8. The molecule has 0 saturated heterocycles. The summed E-state index contributed by atoms with van der Waals surface area (Å²) in [5, 5.41) is 3.04. The number of halogens is 1. The summed E-state index contributed by atoms with van der Waals surface area (Å²) in [6, 6.07) is 0. The van der Waals surface area contributed by atoms with Crippen LogP contribution in [0.3, 0.4) is 0 Å². The zero-order chi connectivity index (χ0) is 20.0. The van der Waals surface area contributed by atoms with Crippen molar-refractivity contribution in [3.63, 3.8) is 0 Å². The molecule has 0 bridgehead atoms. The number of carbonyl (C=O) groups is 1. The van der Waals surface area contributed by atoms with Crippen LogP contribution in [0.15, 0.2) is 12.2 Å². The van der Waals surface area contributed by atoms with E-state index in [1.165, 1.54) is 77.0 Å². The molecule has 0 saturated carbocycles. The van der Waals surface area contributed by atoms with Gasteiger partial charge in [0.25, 0.3) is 0 Å². The van der Waals surface area contributed by atoms with E-state index in [1.807, 2.05) is 0 Å². The average molecular weight is 417 g/mol. The minimum Gasteiger partial charge on any atom is -0.355 e. The lowest BCUT2D eigenvalue weighted by molar-refractivity contribution is -0.121. The first kappa shape index (κ1) is 29.7. The average Bonchev–Trinajstić information content (AvgIpc) is 2.68. The molecule has 0 aliphatic carbocycles. The maximum Gasteiger partial charge on any atom is 0.220 e. The molecule has 0 spiro atoms. The summed E-state index contributed by atoms with van der Waals surface area (Å²) in [6.45, 7) is 10.5. The number of hydrogen-bond acceptors (Lipinski definition) is 2. The van der Waals surface area contributed by atoms with Crippen LogP contribution >= 0.6 is 12.4 Å². The predicted octanol–water partition coefficient (Wildman–Crippen LogP) is 6.90. The van der Waals surface area contributed by atoms with E-state index in [2.05, 4.69) is 43.1 Å². The Balaban J connectivity index is 0. The van der Waals surface area contributed by atoms with E-state index in [0.29, 0.717) is 6.42 Å². The van der Waals surface area contributed by atoms with Crippen LogP contribution in [0, 0.1) is 0 Å². The summed E-state index contributed by atoms with van der Waals surface area (Å²) < 4.78 is 0. The number of allylic oxidation sites excluding steroid dienone is 2. The molecule has 0 aromatic carbocycles. The Hall–Kier alpha value is -0.540. The number of amides is 1. The van der Waals surface area contributed by atoms with Crippen LogP contribution in [0.2, 0.25) is 0 Å². The Bertz CT molecular complexity index is 343. The first-order chi connectivity index (χ1) is 13.2. The lowest BCUT2D eigenvalue weighted by Gasteiger charge is -2.17. The first-order valence-corrected chi connectivity index (χ1v) is 11.9. The van der Waals surface area contributed by atoms with Gasteiger partial charge in [0.1, 0.15) is 0 Å². The molecule has 168 valence electrons. The van der Waals surface area contributed by atoms with Crippen molar-refractivity contribution < 1.29 is 4.79 Å². The topological polar surface area (TPSA) is 32.3 Å². The third-order valence-corrected chi connectivity index (χ3v) is 5.31. The highest BCUT2D eigenvalue weighted by atomic mass is 35.5. The van der Waals surface area contributed by atoms with Crippen molar-refractivity contribution in [3.05, 3.63) is 12.2 Å². The summed E-state index contributed by atoms with van der Waals surface area (Å²) >= 11 is 0. The van der Waals surface area contributed by atoms with Gasteiger partial charge in [0, 0.05) is 19.5 Å². The molecule has 0 unspecified atom stereocenters. The Labute approximate surface area is 182 Å². The van der Waals surface area contributed by atoms with Crippen molar-refractivity contribution in [2.75, 3.05) is 26.2 Å². The van der Waals surface area contributed by atoms with E-state index >= 15 is 0 Å². The van der Waals surface area contributed by atoms with Gasteiger partial charge in [-0.25, -0.2) is 0 Å². The molecule has 0 aromatic rings. The second-order valence-electron chi connectivity index (χ2n) is 7.71. The first-order valence-electron chi connectivity index (χ1n) is 11.9. The standard InChI is InChI=1S/C24H48N2O.ClH/c1-4-7-8-9-10-11-12-13-14-15-16-17-18-19-20-21-24(27)25-22-23-26(5-2)6-3;/h13-14H,4-12,15-23H2,1-3H3,(H,25,27);1H/b14-13-;. The van der Waals surface area contributed by atoms with Gasteiger partial charge >= 0.3 is 0 Å². The fourth-order valence-corrected chi connectivity index (χ4v) is 3.34. The molecule has 0 heterocycles. The highest BCUT2D eigenvalue weighted by molar-refractivity contribution is 5.85. The van der Waals surface area contributed by atoms with E-state index in [0.717, 1.165) is 32.6 Å². The second-order valence-corrected chi connectivity index (χ2v) is 7.71. The van der Waals surface area contributed by atoms with Gasteiger partial charge in [-0.15, -0.1) is 12.4 Å². The van der Waals surface area contributed by atoms with Gasteiger partial charge in [-0.2, -0.15) is 0 Å². The molecule has 0 aliphatic rings. The van der Waals surface area contributed by atoms with Crippen molar-refractivity contribution in [2.24, 2.45) is 0 Å². The predicted molar refractivity (Wildman–Crippen MR) is 127 cm³/mol. The maximum absolute atomic E-state index is 11.8. The number of nitrogens with zero attached hydrogens (tertiary/aromatic N) is 1. The van der Waals surface area contributed by atoms with Crippen LogP contribution in [0.5, 0.6) is 0 Å². The summed E-state index contributed by atoms with van der Waals surface area (Å²) in [5.74, 6) is 0.222. The molecule has 1 amide bonds. The van der Waals surface area contributed by atoms with Crippen LogP contribution in [0.4, 0.5) is 0 Å². The van der Waals surface area contributed by atoms with Gasteiger partial charge in [-0.1, -0.05) is 84.3 Å². The van der Waals surface area contributed by atoms with Crippen molar-refractivity contribution >= 4 is 18.3 Å². The third kappa shape index (κ3) is 21.8. The molecule has 1 N–H and O–H groups in total. The lowest BCUT2D eigenvalue weighted by atomic mass is 10.1. The Morgan fingerprint density at radius 2 is 1.25 bits per heavy atom. The smallest absolute Gasteiger partial charge is 0.220 e. The minimum absolute atomic E-state index is 0. The van der Waals surface area contributed by atoms with E-state index in [-0.39, 0.29) is 18.3 Å². The molecule has 28 heavy (non-hydrogen) atoms. The fraction of sp³-hybridized carbons (Fsp3) is 0.875. The lowest BCUT2D eigenvalue weighted by Crippen LogP contribution is -2.34. The van der Waals surface area contributed by atoms with Gasteiger partial charge < -0.3 is 10.2 Å². The molecule has 0 atom stereocenters. The van der Waals surface area contributed by atoms with E-state index in [4.69, 9.17) is 0 Å². The van der Waals surface area contributed by atoms with Gasteiger partial charge in [0.15, 0.2) is 0 Å². The van der Waals surface area contributed by atoms with Crippen LogP contribution in [0.25, 0.3) is 0 Å². The highest BCUT2D eigenvalue weighted by Crippen LogP contribution is 2.09. The summed E-state index contributed by atoms with van der Waals surface area (Å²) in [5.41, 5.74) is 0. The number of hydrogen-bond donors (Lipinski definition) is 1. The molecular formula is C24H49ClN2O. The minimum atomic E-state index is 0. The molecule has 0 rings (SSSR count). The molecule has 3 nitrogen and oxygen atoms in total. The SMILES string of the molecule is CCCCCCCC/C=C\CCCCCCCC(=O)NCCN(CC)CC.Cl. The van der Waals surface area contributed by atoms with Crippen molar-refractivity contribution in [1.82, 2.24) is 10.2 Å². The monoisotopic (exact) mass is 416 g/mol. The van der Waals surface area contributed by atoms with Gasteiger partial charge in [-0.3, -0.25) is 4.79 Å². The number of rotatable bonds is 20. The van der Waals surface area contributed by atoms with Crippen LogP contribution < -0.4 is 5.32 Å². The quantitative estimate of drug-likeness (QED) is 0.173. The molecule has 0 aromatic heterocycles. The van der Waals surface area contributed by atoms with Crippen LogP contribution in [-0.4, -0.2) is 37.0 Å². The van der Waals surface area contributed by atoms with E-state index in [1.54, 1.807) is 0 Å². The largest absolute Gasteiger partial charge is 0.355 e. The third-order valence-electron chi connectivity index (χ3n) is 5.31. The Morgan fingerprint density at radius 3 is 1.79 bits per heavy atom. The van der Waals surface area contributed by atoms with Gasteiger partial charge in [-0.05, 0) is 45.2 Å². The molecular weight excluding hydrogens is 368 g/mol. The van der Waals surface area contributed by atoms with E-state index in [9.17, 15) is 4.79 Å². The Kier molecular flexibility index (Phi) is 25.9. The zero-order valence-electron chi connectivity index (χ0n) is 19.1. The van der Waals surface area contributed by atoms with Crippen LogP contribution in [0.1, 0.15) is 111 Å². The molecule has 0 aliphatic heterocycles. The van der Waals surface area contributed by atoms with Gasteiger partial charge in [0.2, 0.25) is 5.91 Å². The van der Waals surface area contributed by atoms with Crippen molar-refractivity contribution in [3.8, 4) is 0 Å². The number of unbranched alkanes of at least 4 members (excludes halogenated alkanes) is 11. The number of likely N-dealkylation sites (N-methyl/N-ethyl adjacent to an activating group) is 1. The fourth-order valence-electron chi connectivity index (χ4n) is 3.34. The normalized spacial score (nSPS) is 11.1. The summed E-state index contributed by atoms with van der Waals surface area (Å²) in [7, 11) is 0. The van der Waals surface area contributed by atoms with E-state index < -0.39 is 0 Å². The number of carbonyl (C=O) groups excluding carboxylic acids is 1. The summed E-state index contributed by atoms with van der Waals surface area (Å²) in [6.07, 6.45) is 22.3. The molecule has 4 heteroatoms. The van der Waals surface area contributed by atoms with Crippen molar-refractivity contribution in [1.29, 1.82) is 0 Å². The molecule has 0 fully saturated rings. The highest BCUT2D eigenvalue weighted by Gasteiger charge is 2.02. The number of nitrogens with one attached hydrogen (secondary N) is 1.